The number of rotatable bonds is 5. The minimum absolute atomic E-state index is 0.167. The largest absolute Gasteiger partial charge is 0.468 e. The Morgan fingerprint density at radius 2 is 2.29 bits per heavy atom. The molecule has 3 nitrogen and oxygen atoms in total. The number of ether oxygens (including phenoxy) is 1. The van der Waals surface area contributed by atoms with Gasteiger partial charge in [0.05, 0.1) is 7.11 Å². The number of nitrogens with one attached hydrogen (secondary N) is 1. The first kappa shape index (κ1) is 12.1. The minimum atomic E-state index is -0.173. The summed E-state index contributed by atoms with van der Waals surface area (Å²) in [5, 5.41) is 3.29. The van der Waals surface area contributed by atoms with Crippen molar-refractivity contribution < 1.29 is 9.53 Å². The molecule has 1 N–H and O–H groups in total. The first-order valence-corrected chi connectivity index (χ1v) is 6.15. The third-order valence-corrected chi connectivity index (χ3v) is 3.47. The first-order chi connectivity index (χ1) is 8.26. The Hall–Kier alpha value is -1.35. The molecule has 17 heavy (non-hydrogen) atoms. The van der Waals surface area contributed by atoms with Crippen molar-refractivity contribution in [2.45, 2.75) is 31.7 Å². The molecule has 0 amide bonds. The van der Waals surface area contributed by atoms with E-state index < -0.39 is 0 Å². The molecule has 2 atom stereocenters. The second-order valence-electron chi connectivity index (χ2n) is 4.49. The lowest BCUT2D eigenvalue weighted by Gasteiger charge is -2.31. The van der Waals surface area contributed by atoms with Gasteiger partial charge in [0.1, 0.15) is 6.04 Å². The van der Waals surface area contributed by atoms with Crippen LogP contribution in [0.3, 0.4) is 0 Å². The maximum Gasteiger partial charge on any atom is 0.322 e. The van der Waals surface area contributed by atoms with Crippen LogP contribution in [0.5, 0.6) is 0 Å². The number of esters is 1. The van der Waals surface area contributed by atoms with E-state index in [1.165, 1.54) is 18.2 Å². The Balaban J connectivity index is 1.86. The van der Waals surface area contributed by atoms with Crippen LogP contribution in [0.1, 0.15) is 30.4 Å². The molecule has 0 aromatic heterocycles. The maximum atomic E-state index is 11.4. The third kappa shape index (κ3) is 2.50. The zero-order valence-corrected chi connectivity index (χ0v) is 10.4. The van der Waals surface area contributed by atoms with E-state index >= 15 is 0 Å². The predicted molar refractivity (Wildman–Crippen MR) is 67.0 cm³/mol. The van der Waals surface area contributed by atoms with Crippen LogP contribution in [-0.4, -0.2) is 25.7 Å². The van der Waals surface area contributed by atoms with E-state index in [0.717, 1.165) is 19.4 Å². The van der Waals surface area contributed by atoms with Crippen molar-refractivity contribution >= 4 is 5.97 Å². The van der Waals surface area contributed by atoms with Crippen molar-refractivity contribution in [1.82, 2.24) is 5.32 Å². The average molecular weight is 233 g/mol. The van der Waals surface area contributed by atoms with E-state index in [2.05, 4.69) is 29.6 Å². The molecule has 3 heteroatoms. The van der Waals surface area contributed by atoms with Crippen LogP contribution < -0.4 is 5.32 Å². The van der Waals surface area contributed by atoms with Gasteiger partial charge in [-0.2, -0.15) is 0 Å². The topological polar surface area (TPSA) is 38.3 Å². The van der Waals surface area contributed by atoms with Crippen LogP contribution >= 0.6 is 0 Å². The zero-order chi connectivity index (χ0) is 12.3. The van der Waals surface area contributed by atoms with Gasteiger partial charge in [0.15, 0.2) is 0 Å². The fraction of sp³-hybridized carbons (Fsp3) is 0.500. The fourth-order valence-electron chi connectivity index (χ4n) is 2.37. The highest BCUT2D eigenvalue weighted by molar-refractivity contribution is 5.75. The summed E-state index contributed by atoms with van der Waals surface area (Å²) in [4.78, 5) is 11.4. The van der Waals surface area contributed by atoms with Crippen LogP contribution in [-0.2, 0) is 16.0 Å². The van der Waals surface area contributed by atoms with Crippen LogP contribution in [0.25, 0.3) is 0 Å². The Kier molecular flexibility index (Phi) is 3.79. The van der Waals surface area contributed by atoms with E-state index in [9.17, 15) is 4.79 Å². The van der Waals surface area contributed by atoms with Gasteiger partial charge in [-0.15, -0.1) is 0 Å². The molecular weight excluding hydrogens is 214 g/mol. The van der Waals surface area contributed by atoms with Crippen molar-refractivity contribution in [2.75, 3.05) is 13.7 Å². The number of methoxy groups -OCH3 is 1. The molecule has 0 saturated heterocycles. The molecule has 92 valence electrons. The highest BCUT2D eigenvalue weighted by Gasteiger charge is 2.26. The summed E-state index contributed by atoms with van der Waals surface area (Å²) in [7, 11) is 1.44. The van der Waals surface area contributed by atoms with Crippen LogP contribution in [0.15, 0.2) is 24.3 Å². The Morgan fingerprint density at radius 1 is 1.53 bits per heavy atom. The SMILES string of the molecule is CCC(NCC1Cc2ccccc21)C(=O)OC. The molecule has 0 fully saturated rings. The van der Waals surface area contributed by atoms with E-state index in [-0.39, 0.29) is 12.0 Å². The zero-order valence-electron chi connectivity index (χ0n) is 10.4. The summed E-state index contributed by atoms with van der Waals surface area (Å²) in [5.41, 5.74) is 2.85. The van der Waals surface area contributed by atoms with E-state index in [4.69, 9.17) is 4.74 Å². The summed E-state index contributed by atoms with van der Waals surface area (Å²) in [6, 6.07) is 8.31. The number of carbonyl (C=O) groups excluding carboxylic acids is 1. The number of hydrogen-bond acceptors (Lipinski definition) is 3. The van der Waals surface area contributed by atoms with E-state index in [1.807, 2.05) is 6.92 Å². The summed E-state index contributed by atoms with van der Waals surface area (Å²) in [6.07, 6.45) is 1.88. The molecule has 0 spiro atoms. The van der Waals surface area contributed by atoms with E-state index in [1.54, 1.807) is 0 Å². The Morgan fingerprint density at radius 3 is 2.94 bits per heavy atom. The summed E-state index contributed by atoms with van der Waals surface area (Å²) >= 11 is 0. The lowest BCUT2D eigenvalue weighted by atomic mass is 9.77. The van der Waals surface area contributed by atoms with Crippen molar-refractivity contribution in [3.63, 3.8) is 0 Å². The number of hydrogen-bond donors (Lipinski definition) is 1. The maximum absolute atomic E-state index is 11.4. The molecule has 2 unspecified atom stereocenters. The minimum Gasteiger partial charge on any atom is -0.468 e. The van der Waals surface area contributed by atoms with Crippen molar-refractivity contribution in [2.24, 2.45) is 0 Å². The van der Waals surface area contributed by atoms with E-state index in [0.29, 0.717) is 5.92 Å². The highest BCUT2D eigenvalue weighted by Crippen LogP contribution is 2.34. The molecule has 1 aliphatic rings. The van der Waals surface area contributed by atoms with Crippen LogP contribution in [0, 0.1) is 0 Å². The molecule has 2 rings (SSSR count). The lowest BCUT2D eigenvalue weighted by molar-refractivity contribution is -0.143. The van der Waals surface area contributed by atoms with Gasteiger partial charge < -0.3 is 10.1 Å². The molecule has 1 aromatic carbocycles. The molecule has 1 aromatic rings. The second kappa shape index (κ2) is 5.32. The molecule has 0 heterocycles. The monoisotopic (exact) mass is 233 g/mol. The van der Waals surface area contributed by atoms with Gasteiger partial charge in [-0.05, 0) is 24.0 Å². The summed E-state index contributed by atoms with van der Waals surface area (Å²) in [6.45, 7) is 2.84. The van der Waals surface area contributed by atoms with Gasteiger partial charge in [-0.3, -0.25) is 4.79 Å². The normalized spacial score (nSPS) is 19.1. The van der Waals surface area contributed by atoms with Gasteiger partial charge >= 0.3 is 5.97 Å². The highest BCUT2D eigenvalue weighted by atomic mass is 16.5. The number of benzene rings is 1. The van der Waals surface area contributed by atoms with Crippen molar-refractivity contribution in [3.05, 3.63) is 35.4 Å². The van der Waals surface area contributed by atoms with Gasteiger partial charge in [0.2, 0.25) is 0 Å². The van der Waals surface area contributed by atoms with Gasteiger partial charge in [0, 0.05) is 12.5 Å². The van der Waals surface area contributed by atoms with Gasteiger partial charge in [0.25, 0.3) is 0 Å². The predicted octanol–water partition coefficient (Wildman–Crippen LogP) is 1.87. The standard InChI is InChI=1S/C14H19NO2/c1-3-13(14(16)17-2)15-9-11-8-10-6-4-5-7-12(10)11/h4-7,11,13,15H,3,8-9H2,1-2H3. The Bertz CT molecular complexity index is 403. The molecule has 0 bridgehead atoms. The second-order valence-corrected chi connectivity index (χ2v) is 4.49. The quantitative estimate of drug-likeness (QED) is 0.789. The van der Waals surface area contributed by atoms with Crippen molar-refractivity contribution in [1.29, 1.82) is 0 Å². The number of fused-ring (bicyclic) bond motifs is 1. The molecule has 0 radical (unpaired) electrons. The lowest BCUT2D eigenvalue weighted by Crippen LogP contribution is -2.41. The van der Waals surface area contributed by atoms with Crippen molar-refractivity contribution in [3.8, 4) is 0 Å². The smallest absolute Gasteiger partial charge is 0.322 e. The first-order valence-electron chi connectivity index (χ1n) is 6.15. The van der Waals surface area contributed by atoms with Crippen LogP contribution in [0.4, 0.5) is 0 Å². The molecular formula is C14H19NO2. The molecule has 1 aliphatic carbocycles. The molecule has 0 saturated carbocycles. The van der Waals surface area contributed by atoms with Gasteiger partial charge in [-0.25, -0.2) is 0 Å². The summed E-state index contributed by atoms with van der Waals surface area (Å²) in [5.74, 6) is 0.380. The van der Waals surface area contributed by atoms with Gasteiger partial charge in [-0.1, -0.05) is 31.2 Å². The number of carbonyl (C=O) groups is 1. The third-order valence-electron chi connectivity index (χ3n) is 3.47. The average Bonchev–Trinajstić information content (AvgIpc) is 2.34. The Labute approximate surface area is 102 Å². The summed E-state index contributed by atoms with van der Waals surface area (Å²) < 4.78 is 4.76. The fourth-order valence-corrected chi connectivity index (χ4v) is 2.37. The molecule has 0 aliphatic heterocycles. The van der Waals surface area contributed by atoms with Crippen LogP contribution in [0.2, 0.25) is 0 Å².